The number of hydrogen-bond acceptors (Lipinski definition) is 6. The quantitative estimate of drug-likeness (QED) is 0.0261. The summed E-state index contributed by atoms with van der Waals surface area (Å²) >= 11 is 0. The Balaban J connectivity index is 4.24. The second kappa shape index (κ2) is 64.3. The molecule has 0 spiro atoms. The lowest BCUT2D eigenvalue weighted by atomic mass is 10.0. The van der Waals surface area contributed by atoms with Gasteiger partial charge >= 0.3 is 17.9 Å². The minimum absolute atomic E-state index is 0.106. The Labute approximate surface area is 475 Å². The number of esters is 3. The van der Waals surface area contributed by atoms with Crippen LogP contribution in [0.3, 0.4) is 0 Å². The van der Waals surface area contributed by atoms with Crippen LogP contribution in [0.25, 0.3) is 0 Å². The molecular weight excluding hydrogens is 949 g/mol. The first-order valence-electron chi connectivity index (χ1n) is 32.0. The van der Waals surface area contributed by atoms with Crippen LogP contribution in [0.1, 0.15) is 290 Å². The summed E-state index contributed by atoms with van der Waals surface area (Å²) in [6.45, 7) is 6.35. The molecule has 0 N–H and O–H groups in total. The zero-order chi connectivity index (χ0) is 55.7. The highest BCUT2D eigenvalue weighted by Crippen LogP contribution is 2.16. The SMILES string of the molecule is CC/C=C\C/C=C\C/C=C\C/C=C\CCCCC(=O)OC(COC(=O)CCCCC/C=C\C/C=C\C/C=C\CC)COC(=O)CCCCCCCCCCCCCCCCCC/C=C\C/C=C\C/C=C\CCCCCCC. The molecule has 0 aromatic carbocycles. The zero-order valence-corrected chi connectivity index (χ0v) is 50.2. The molecule has 6 heteroatoms. The van der Waals surface area contributed by atoms with Gasteiger partial charge in [0.25, 0.3) is 0 Å². The van der Waals surface area contributed by atoms with Gasteiger partial charge in [-0.05, 0) is 128 Å². The summed E-state index contributed by atoms with van der Waals surface area (Å²) in [7, 11) is 0. The van der Waals surface area contributed by atoms with Crippen LogP contribution < -0.4 is 0 Å². The van der Waals surface area contributed by atoms with Gasteiger partial charge in [-0.15, -0.1) is 0 Å². The predicted molar refractivity (Wildman–Crippen MR) is 334 cm³/mol. The maximum absolute atomic E-state index is 12.8. The zero-order valence-electron chi connectivity index (χ0n) is 50.2. The van der Waals surface area contributed by atoms with E-state index in [0.29, 0.717) is 19.3 Å². The number of ether oxygens (including phenoxy) is 3. The summed E-state index contributed by atoms with van der Waals surface area (Å²) in [4.78, 5) is 38.2. The van der Waals surface area contributed by atoms with Crippen molar-refractivity contribution in [3.8, 4) is 0 Å². The van der Waals surface area contributed by atoms with Crippen molar-refractivity contribution >= 4 is 17.9 Å². The summed E-state index contributed by atoms with van der Waals surface area (Å²) in [5, 5.41) is 0. The van der Waals surface area contributed by atoms with Crippen molar-refractivity contribution in [3.63, 3.8) is 0 Å². The molecule has 0 heterocycles. The molecule has 0 aliphatic heterocycles. The third kappa shape index (κ3) is 62.5. The van der Waals surface area contributed by atoms with Crippen LogP contribution in [0, 0.1) is 0 Å². The highest BCUT2D eigenvalue weighted by atomic mass is 16.6. The fourth-order valence-corrected chi connectivity index (χ4v) is 8.69. The molecule has 0 radical (unpaired) electrons. The molecule has 0 fully saturated rings. The minimum atomic E-state index is -0.815. The minimum Gasteiger partial charge on any atom is -0.462 e. The van der Waals surface area contributed by atoms with E-state index < -0.39 is 6.10 Å². The molecule has 0 rings (SSSR count). The lowest BCUT2D eigenvalue weighted by molar-refractivity contribution is -0.167. The first kappa shape index (κ1) is 72.8. The van der Waals surface area contributed by atoms with E-state index in [0.717, 1.165) is 116 Å². The van der Waals surface area contributed by atoms with Crippen molar-refractivity contribution in [2.75, 3.05) is 13.2 Å². The molecule has 1 unspecified atom stereocenters. The standard InChI is InChI=1S/C71H118O6/c1-4-7-10-13-16-19-22-25-27-28-29-30-31-32-33-34-35-36-37-38-39-40-41-42-44-46-49-52-55-58-61-64-70(73)76-67-68(66-75-69(72)63-60-57-54-51-48-45-24-21-18-15-12-9-6-3)77-71(74)65-62-59-56-53-50-47-43-26-23-20-17-14-11-8-5-2/h8-9,11-12,17-18,20-22,25-26,28-29,31-32,43,45,48,50,53,68H,4-7,10,13-16,19,23-24,27,30,33-42,44,46-47,49,51-52,54-67H2,1-3H3/b11-8-,12-9-,20-17-,21-18-,25-22-,29-28-,32-31-,43-26-,48-45-,53-50-. The smallest absolute Gasteiger partial charge is 0.306 e. The van der Waals surface area contributed by atoms with E-state index in [2.05, 4.69) is 142 Å². The van der Waals surface area contributed by atoms with Gasteiger partial charge in [0.2, 0.25) is 0 Å². The first-order valence-corrected chi connectivity index (χ1v) is 32.0. The van der Waals surface area contributed by atoms with E-state index in [9.17, 15) is 14.4 Å². The Hall–Kier alpha value is -4.19. The van der Waals surface area contributed by atoms with E-state index in [1.807, 2.05) is 0 Å². The monoisotopic (exact) mass is 1070 g/mol. The topological polar surface area (TPSA) is 78.9 Å². The summed E-state index contributed by atoms with van der Waals surface area (Å²) in [5.74, 6) is -0.976. The Kier molecular flexibility index (Phi) is 60.8. The lowest BCUT2D eigenvalue weighted by Gasteiger charge is -2.18. The van der Waals surface area contributed by atoms with Gasteiger partial charge in [-0.2, -0.15) is 0 Å². The fraction of sp³-hybridized carbons (Fsp3) is 0.676. The molecule has 1 atom stereocenters. The molecule has 438 valence electrons. The molecule has 0 aromatic heterocycles. The summed E-state index contributed by atoms with van der Waals surface area (Å²) in [6, 6.07) is 0. The van der Waals surface area contributed by atoms with Gasteiger partial charge in [-0.25, -0.2) is 0 Å². The van der Waals surface area contributed by atoms with E-state index in [1.54, 1.807) is 0 Å². The van der Waals surface area contributed by atoms with Crippen LogP contribution in [-0.4, -0.2) is 37.2 Å². The Morgan fingerprint density at radius 3 is 0.831 bits per heavy atom. The van der Waals surface area contributed by atoms with Crippen LogP contribution in [0.15, 0.2) is 122 Å². The van der Waals surface area contributed by atoms with Crippen molar-refractivity contribution in [2.24, 2.45) is 0 Å². The van der Waals surface area contributed by atoms with Gasteiger partial charge in [0, 0.05) is 19.3 Å². The second-order valence-electron chi connectivity index (χ2n) is 20.9. The second-order valence-corrected chi connectivity index (χ2v) is 20.9. The van der Waals surface area contributed by atoms with Gasteiger partial charge in [0.1, 0.15) is 13.2 Å². The first-order chi connectivity index (χ1) is 38.0. The van der Waals surface area contributed by atoms with Crippen LogP contribution >= 0.6 is 0 Å². The molecule has 6 nitrogen and oxygen atoms in total. The highest BCUT2D eigenvalue weighted by molar-refractivity contribution is 5.71. The van der Waals surface area contributed by atoms with Gasteiger partial charge in [-0.3, -0.25) is 14.4 Å². The van der Waals surface area contributed by atoms with Crippen molar-refractivity contribution in [1.29, 1.82) is 0 Å². The van der Waals surface area contributed by atoms with Crippen LogP contribution in [0.2, 0.25) is 0 Å². The Morgan fingerprint density at radius 1 is 0.273 bits per heavy atom. The molecule has 0 amide bonds. The van der Waals surface area contributed by atoms with E-state index in [-0.39, 0.29) is 37.5 Å². The number of rotatable bonds is 57. The van der Waals surface area contributed by atoms with Crippen molar-refractivity contribution < 1.29 is 28.6 Å². The van der Waals surface area contributed by atoms with E-state index in [1.165, 1.54) is 128 Å². The third-order valence-electron chi connectivity index (χ3n) is 13.4. The average molecular weight is 1070 g/mol. The van der Waals surface area contributed by atoms with Crippen LogP contribution in [0.4, 0.5) is 0 Å². The van der Waals surface area contributed by atoms with E-state index >= 15 is 0 Å². The summed E-state index contributed by atoms with van der Waals surface area (Å²) < 4.78 is 16.8. The molecular formula is C71H118O6. The van der Waals surface area contributed by atoms with Crippen molar-refractivity contribution in [2.45, 2.75) is 297 Å². The molecule has 0 aliphatic carbocycles. The maximum atomic E-state index is 12.8. The van der Waals surface area contributed by atoms with Crippen LogP contribution in [0.5, 0.6) is 0 Å². The Bertz CT molecular complexity index is 1600. The number of unbranched alkanes of at least 4 members (excludes halogenated alkanes) is 26. The van der Waals surface area contributed by atoms with Gasteiger partial charge in [0.15, 0.2) is 6.10 Å². The third-order valence-corrected chi connectivity index (χ3v) is 13.4. The molecule has 77 heavy (non-hydrogen) atoms. The summed E-state index contributed by atoms with van der Waals surface area (Å²) in [6.07, 6.45) is 89.4. The molecule has 0 bridgehead atoms. The molecule has 0 saturated heterocycles. The average Bonchev–Trinajstić information content (AvgIpc) is 3.43. The maximum Gasteiger partial charge on any atom is 0.306 e. The van der Waals surface area contributed by atoms with Crippen molar-refractivity contribution in [3.05, 3.63) is 122 Å². The largest absolute Gasteiger partial charge is 0.462 e. The van der Waals surface area contributed by atoms with Gasteiger partial charge < -0.3 is 14.2 Å². The lowest BCUT2D eigenvalue weighted by Crippen LogP contribution is -2.30. The number of allylic oxidation sites excluding steroid dienone is 20. The molecule has 0 aromatic rings. The Morgan fingerprint density at radius 2 is 0.506 bits per heavy atom. The normalized spacial score (nSPS) is 12.9. The molecule has 0 saturated carbocycles. The number of carbonyl (C=O) groups is 3. The highest BCUT2D eigenvalue weighted by Gasteiger charge is 2.19. The van der Waals surface area contributed by atoms with Gasteiger partial charge in [0.05, 0.1) is 0 Å². The fourth-order valence-electron chi connectivity index (χ4n) is 8.69. The summed E-state index contributed by atoms with van der Waals surface area (Å²) in [5.41, 5.74) is 0. The van der Waals surface area contributed by atoms with Crippen molar-refractivity contribution in [1.82, 2.24) is 0 Å². The van der Waals surface area contributed by atoms with Gasteiger partial charge in [-0.1, -0.05) is 264 Å². The van der Waals surface area contributed by atoms with Crippen LogP contribution in [-0.2, 0) is 28.6 Å². The number of hydrogen-bond donors (Lipinski definition) is 0. The predicted octanol–water partition coefficient (Wildman–Crippen LogP) is 22.0. The van der Waals surface area contributed by atoms with E-state index in [4.69, 9.17) is 14.2 Å². The molecule has 0 aliphatic rings. The number of carbonyl (C=O) groups excluding carboxylic acids is 3.